The Labute approximate surface area is 125 Å². The van der Waals surface area contributed by atoms with Crippen LogP contribution in [0.15, 0.2) is 28.3 Å². The molecular weight excluding hydrogens is 270 g/mol. The molecule has 1 saturated heterocycles. The van der Waals surface area contributed by atoms with Crippen LogP contribution >= 0.6 is 11.8 Å². The predicted molar refractivity (Wildman–Crippen MR) is 86.0 cm³/mol. The molecule has 0 amide bonds. The Balaban J connectivity index is 2.55. The van der Waals surface area contributed by atoms with E-state index in [1.54, 1.807) is 11.8 Å². The summed E-state index contributed by atoms with van der Waals surface area (Å²) in [6, 6.07) is 7.17. The van der Waals surface area contributed by atoms with Gasteiger partial charge in [-0.1, -0.05) is 18.1 Å². The fraction of sp³-hybridized carbons (Fsp3) is 0.533. The molecule has 110 valence electrons. The zero-order chi connectivity index (χ0) is 14.7. The average Bonchev–Trinajstić information content (AvgIpc) is 2.86. The number of rotatable bonds is 4. The van der Waals surface area contributed by atoms with Crippen LogP contribution in [0.4, 0.5) is 5.69 Å². The second-order valence-corrected chi connectivity index (χ2v) is 6.08. The van der Waals surface area contributed by atoms with Gasteiger partial charge in [0.2, 0.25) is 0 Å². The highest BCUT2D eigenvalue weighted by Gasteiger charge is 2.32. The molecule has 2 atom stereocenters. The van der Waals surface area contributed by atoms with Gasteiger partial charge in [-0.05, 0) is 44.6 Å². The average molecular weight is 293 g/mol. The van der Waals surface area contributed by atoms with E-state index in [9.17, 15) is 0 Å². The molecule has 20 heavy (non-hydrogen) atoms. The Hall–Kier alpha value is -1.36. The van der Waals surface area contributed by atoms with Crippen molar-refractivity contribution in [2.24, 2.45) is 10.9 Å². The van der Waals surface area contributed by atoms with E-state index in [0.29, 0.717) is 12.1 Å². The van der Waals surface area contributed by atoms with E-state index in [0.717, 1.165) is 22.6 Å². The van der Waals surface area contributed by atoms with Crippen LogP contribution < -0.4 is 10.6 Å². The van der Waals surface area contributed by atoms with Crippen molar-refractivity contribution in [3.63, 3.8) is 0 Å². The Bertz CT molecular complexity index is 504. The van der Waals surface area contributed by atoms with Crippen LogP contribution in [0.3, 0.4) is 0 Å². The zero-order valence-electron chi connectivity index (χ0n) is 12.3. The predicted octanol–water partition coefficient (Wildman–Crippen LogP) is 3.27. The molecule has 1 aliphatic rings. The summed E-state index contributed by atoms with van der Waals surface area (Å²) in [5.74, 6) is 0.193. The van der Waals surface area contributed by atoms with Gasteiger partial charge in [-0.2, -0.15) is 0 Å². The van der Waals surface area contributed by atoms with Gasteiger partial charge in [-0.15, -0.1) is 11.8 Å². The van der Waals surface area contributed by atoms with Crippen molar-refractivity contribution >= 4 is 23.3 Å². The molecular formula is C15H23N3OS. The van der Waals surface area contributed by atoms with Gasteiger partial charge in [0.25, 0.3) is 0 Å². The summed E-state index contributed by atoms with van der Waals surface area (Å²) < 4.78 is 0. The maximum atomic E-state index is 9.10. The Morgan fingerprint density at radius 3 is 2.85 bits per heavy atom. The van der Waals surface area contributed by atoms with Gasteiger partial charge in [-0.3, -0.25) is 0 Å². The van der Waals surface area contributed by atoms with Crippen molar-refractivity contribution in [2.45, 2.75) is 50.1 Å². The summed E-state index contributed by atoms with van der Waals surface area (Å²) in [6.07, 6.45) is 5.52. The standard InChI is InChI=1S/C15H23N3OS/c1-4-11-9-8-10(2)18(11)12-6-5-7-13(20-3)14(12)15(16)17-19/h5-7,10-11,19H,4,8-9H2,1-3H3,(H2,16,17). The monoisotopic (exact) mass is 293 g/mol. The molecule has 1 heterocycles. The number of hydrogen-bond donors (Lipinski definition) is 2. The molecule has 0 aliphatic carbocycles. The molecule has 0 saturated carbocycles. The number of benzene rings is 1. The minimum Gasteiger partial charge on any atom is -0.409 e. The summed E-state index contributed by atoms with van der Waals surface area (Å²) in [5.41, 5.74) is 7.87. The SMILES string of the molecule is CCC1CCC(C)N1c1cccc(SC)c1/C(N)=N/O. The van der Waals surface area contributed by atoms with Crippen molar-refractivity contribution in [1.82, 2.24) is 0 Å². The molecule has 5 heteroatoms. The molecule has 3 N–H and O–H groups in total. The second kappa shape index (κ2) is 6.39. The third-order valence-electron chi connectivity index (χ3n) is 4.12. The fourth-order valence-corrected chi connectivity index (χ4v) is 3.75. The molecule has 0 bridgehead atoms. The number of oxime groups is 1. The van der Waals surface area contributed by atoms with Crippen LogP contribution in [-0.2, 0) is 0 Å². The smallest absolute Gasteiger partial charge is 0.173 e. The normalized spacial score (nSPS) is 23.4. The first kappa shape index (κ1) is 15.0. The Kier molecular flexibility index (Phi) is 4.81. The van der Waals surface area contributed by atoms with Crippen molar-refractivity contribution in [2.75, 3.05) is 11.2 Å². The van der Waals surface area contributed by atoms with Crippen LogP contribution in [0.2, 0.25) is 0 Å². The number of amidine groups is 1. The molecule has 1 aliphatic heterocycles. The van der Waals surface area contributed by atoms with Crippen LogP contribution in [-0.4, -0.2) is 29.4 Å². The summed E-state index contributed by atoms with van der Waals surface area (Å²) in [7, 11) is 0. The van der Waals surface area contributed by atoms with Gasteiger partial charge in [0.1, 0.15) is 0 Å². The molecule has 1 fully saturated rings. The highest BCUT2D eigenvalue weighted by Crippen LogP contribution is 2.37. The maximum absolute atomic E-state index is 9.10. The molecule has 2 rings (SSSR count). The van der Waals surface area contributed by atoms with Crippen molar-refractivity contribution in [3.8, 4) is 0 Å². The van der Waals surface area contributed by atoms with Gasteiger partial charge < -0.3 is 15.8 Å². The quantitative estimate of drug-likeness (QED) is 0.294. The van der Waals surface area contributed by atoms with E-state index in [1.165, 1.54) is 12.8 Å². The molecule has 0 aromatic heterocycles. The largest absolute Gasteiger partial charge is 0.409 e. The first-order valence-corrected chi connectivity index (χ1v) is 8.29. The molecule has 1 aromatic carbocycles. The fourth-order valence-electron chi connectivity index (χ4n) is 3.12. The number of hydrogen-bond acceptors (Lipinski definition) is 4. The lowest BCUT2D eigenvalue weighted by Crippen LogP contribution is -2.36. The highest BCUT2D eigenvalue weighted by molar-refractivity contribution is 7.98. The van der Waals surface area contributed by atoms with E-state index < -0.39 is 0 Å². The molecule has 1 aromatic rings. The molecule has 4 nitrogen and oxygen atoms in total. The van der Waals surface area contributed by atoms with E-state index in [-0.39, 0.29) is 5.84 Å². The van der Waals surface area contributed by atoms with E-state index in [4.69, 9.17) is 10.9 Å². The van der Waals surface area contributed by atoms with Gasteiger partial charge in [0, 0.05) is 22.7 Å². The highest BCUT2D eigenvalue weighted by atomic mass is 32.2. The third kappa shape index (κ3) is 2.59. The van der Waals surface area contributed by atoms with Crippen LogP contribution in [0, 0.1) is 0 Å². The Morgan fingerprint density at radius 2 is 2.25 bits per heavy atom. The minimum atomic E-state index is 0.193. The van der Waals surface area contributed by atoms with Crippen molar-refractivity contribution < 1.29 is 5.21 Å². The van der Waals surface area contributed by atoms with E-state index in [1.807, 2.05) is 18.4 Å². The van der Waals surface area contributed by atoms with E-state index >= 15 is 0 Å². The van der Waals surface area contributed by atoms with Crippen molar-refractivity contribution in [3.05, 3.63) is 23.8 Å². The number of thioether (sulfide) groups is 1. The minimum absolute atomic E-state index is 0.193. The third-order valence-corrected chi connectivity index (χ3v) is 4.90. The summed E-state index contributed by atoms with van der Waals surface area (Å²) in [4.78, 5) is 3.49. The molecule has 0 radical (unpaired) electrons. The lowest BCUT2D eigenvalue weighted by Gasteiger charge is -2.32. The van der Waals surface area contributed by atoms with Crippen LogP contribution in [0.1, 0.15) is 38.7 Å². The van der Waals surface area contributed by atoms with Gasteiger partial charge >= 0.3 is 0 Å². The van der Waals surface area contributed by atoms with Gasteiger partial charge in [-0.25, -0.2) is 0 Å². The number of anilines is 1. The summed E-state index contributed by atoms with van der Waals surface area (Å²) in [5, 5.41) is 12.3. The lowest BCUT2D eigenvalue weighted by atomic mass is 10.1. The Morgan fingerprint density at radius 1 is 1.50 bits per heavy atom. The zero-order valence-corrected chi connectivity index (χ0v) is 13.2. The maximum Gasteiger partial charge on any atom is 0.173 e. The van der Waals surface area contributed by atoms with Gasteiger partial charge in [0.05, 0.1) is 5.56 Å². The number of nitrogens with zero attached hydrogens (tertiary/aromatic N) is 2. The van der Waals surface area contributed by atoms with Crippen molar-refractivity contribution in [1.29, 1.82) is 0 Å². The first-order chi connectivity index (χ1) is 9.63. The van der Waals surface area contributed by atoms with Crippen LogP contribution in [0.25, 0.3) is 0 Å². The second-order valence-electron chi connectivity index (χ2n) is 5.24. The molecule has 0 spiro atoms. The number of nitrogens with two attached hydrogens (primary N) is 1. The first-order valence-electron chi connectivity index (χ1n) is 7.07. The topological polar surface area (TPSA) is 61.8 Å². The van der Waals surface area contributed by atoms with E-state index in [2.05, 4.69) is 30.0 Å². The molecule has 2 unspecified atom stereocenters. The lowest BCUT2D eigenvalue weighted by molar-refractivity contribution is 0.318. The van der Waals surface area contributed by atoms with Crippen LogP contribution in [0.5, 0.6) is 0 Å². The summed E-state index contributed by atoms with van der Waals surface area (Å²) >= 11 is 1.62. The van der Waals surface area contributed by atoms with Gasteiger partial charge in [0.15, 0.2) is 5.84 Å². The summed E-state index contributed by atoms with van der Waals surface area (Å²) in [6.45, 7) is 4.47.